The summed E-state index contributed by atoms with van der Waals surface area (Å²) in [5.74, 6) is 0.529. The highest BCUT2D eigenvalue weighted by atomic mass is 15.5. The fourth-order valence-corrected chi connectivity index (χ4v) is 0.796. The monoisotopic (exact) mass is 127 g/mol. The Morgan fingerprint density at radius 2 is 3.11 bits per heavy atom. The number of hydrogen-bond donors (Lipinski definition) is 1. The van der Waals surface area contributed by atoms with Crippen LogP contribution in [0.1, 0.15) is 15.0 Å². The van der Waals surface area contributed by atoms with E-state index in [0.717, 1.165) is 5.42 Å². The molecule has 1 aliphatic heterocycles. The van der Waals surface area contributed by atoms with Gasteiger partial charge in [0.2, 0.25) is 0 Å². The van der Waals surface area contributed by atoms with E-state index < -0.39 is 0 Å². The number of nitrogens with zero attached hydrogens (tertiary/aromatic N) is 3. The lowest BCUT2D eigenvalue weighted by Gasteiger charge is -2.13. The van der Waals surface area contributed by atoms with Crippen LogP contribution in [-0.2, 0) is 6.42 Å². The summed E-state index contributed by atoms with van der Waals surface area (Å²) in [5, 5.41) is 7.22. The molecule has 2 heterocycles. The summed E-state index contributed by atoms with van der Waals surface area (Å²) < 4.78 is 23.5. The van der Waals surface area contributed by atoms with Crippen LogP contribution in [0.4, 0.5) is 0 Å². The van der Waals surface area contributed by atoms with Crippen LogP contribution in [0.5, 0.6) is 0 Å². The van der Waals surface area contributed by atoms with E-state index in [1.807, 2.05) is 0 Å². The van der Waals surface area contributed by atoms with E-state index in [4.69, 9.17) is 4.15 Å². The molecule has 0 aliphatic carbocycles. The molecule has 0 fully saturated rings. The van der Waals surface area contributed by atoms with Crippen LogP contribution in [0, 0.1) is 0 Å². The van der Waals surface area contributed by atoms with Crippen molar-refractivity contribution in [1.29, 1.82) is 0 Å². The average molecular weight is 127 g/mol. The maximum absolute atomic E-state index is 7.44. The second-order valence-electron chi connectivity index (χ2n) is 1.84. The summed E-state index contributed by atoms with van der Waals surface area (Å²) in [5.41, 5.74) is 1.05. The van der Waals surface area contributed by atoms with E-state index in [9.17, 15) is 0 Å². The van der Waals surface area contributed by atoms with Gasteiger partial charge in [-0.25, -0.2) is 4.68 Å². The van der Waals surface area contributed by atoms with Gasteiger partial charge in [-0.05, 0) is 6.40 Å². The Labute approximate surface area is 57.1 Å². The maximum atomic E-state index is 7.44. The number of nitrogens with one attached hydrogen (secondary N) is 1. The van der Waals surface area contributed by atoms with Crippen LogP contribution in [0.3, 0.4) is 0 Å². The maximum Gasteiger partial charge on any atom is 0.182 e. The summed E-state index contributed by atoms with van der Waals surface area (Å²) in [6.45, 7) is 0.302. The van der Waals surface area contributed by atoms with Crippen LogP contribution < -0.4 is 5.42 Å². The zero-order valence-electron chi connectivity index (χ0n) is 7.78. The molecule has 1 unspecified atom stereocenters. The molecule has 0 saturated carbocycles. The van der Waals surface area contributed by atoms with E-state index in [2.05, 4.69) is 10.2 Å². The Kier molecular flexibility index (Phi) is 0.512. The highest BCUT2D eigenvalue weighted by Gasteiger charge is 2.06. The lowest BCUT2D eigenvalue weighted by molar-refractivity contribution is 0.648. The second kappa shape index (κ2) is 1.72. The summed E-state index contributed by atoms with van der Waals surface area (Å²) in [7, 11) is 0. The van der Waals surface area contributed by atoms with Gasteiger partial charge >= 0.3 is 0 Å². The number of aromatic nitrogens is 3. The first-order chi connectivity index (χ1) is 5.68. The molecule has 4 heteroatoms. The number of rotatable bonds is 0. The molecule has 1 N–H and O–H groups in total. The van der Waals surface area contributed by atoms with Crippen molar-refractivity contribution < 1.29 is 4.15 Å². The third-order valence-electron chi connectivity index (χ3n) is 1.23. The van der Waals surface area contributed by atoms with Gasteiger partial charge in [0.15, 0.2) is 7.24 Å². The third-order valence-corrected chi connectivity index (χ3v) is 1.23. The molecule has 0 spiro atoms. The van der Waals surface area contributed by atoms with Gasteiger partial charge in [-0.15, -0.1) is 10.2 Å². The molecule has 0 aromatic carbocycles. The van der Waals surface area contributed by atoms with Gasteiger partial charge < -0.3 is 5.42 Å². The Morgan fingerprint density at radius 1 is 2.11 bits per heavy atom. The van der Waals surface area contributed by atoms with Gasteiger partial charge in [-0.1, -0.05) is 0 Å². The lowest BCUT2D eigenvalue weighted by atomic mass is 10.3. The minimum absolute atomic E-state index is 0.0353. The summed E-state index contributed by atoms with van der Waals surface area (Å²) >= 11 is 0. The number of aryl methyl sites for hydroxylation is 1. The first-order valence-corrected chi connectivity index (χ1v) is 2.78. The molecular formula is C5H8N4. The van der Waals surface area contributed by atoms with E-state index >= 15 is 0 Å². The predicted molar refractivity (Wildman–Crippen MR) is 32.6 cm³/mol. The highest BCUT2D eigenvalue weighted by Crippen LogP contribution is 2.01. The Balaban J connectivity index is 2.43. The van der Waals surface area contributed by atoms with Crippen molar-refractivity contribution in [3.8, 4) is 0 Å². The largest absolute Gasteiger partial charge is 0.323 e. The average Bonchev–Trinajstić information content (AvgIpc) is 2.31. The summed E-state index contributed by atoms with van der Waals surface area (Å²) in [4.78, 5) is 0. The van der Waals surface area contributed by atoms with Crippen molar-refractivity contribution in [2.24, 2.45) is 0 Å². The molecule has 9 heavy (non-hydrogen) atoms. The van der Waals surface area contributed by atoms with Crippen molar-refractivity contribution in [3.63, 3.8) is 0 Å². The topological polar surface area (TPSA) is 42.7 Å². The van der Waals surface area contributed by atoms with E-state index in [1.165, 1.54) is 4.68 Å². The number of hydrogen-bond acceptors (Lipinski definition) is 3. The highest BCUT2D eigenvalue weighted by molar-refractivity contribution is 4.94. The third kappa shape index (κ3) is 0.667. The molecule has 1 aliphatic rings. The lowest BCUT2D eigenvalue weighted by Crippen LogP contribution is -2.23. The van der Waals surface area contributed by atoms with E-state index in [0.29, 0.717) is 18.8 Å². The first-order valence-electron chi connectivity index (χ1n) is 4.31. The SMILES string of the molecule is [2H]c1nnc2n1N([2H])CC([2H])C2. The molecule has 0 bridgehead atoms. The van der Waals surface area contributed by atoms with Crippen molar-refractivity contribution in [2.45, 2.75) is 12.8 Å². The zero-order chi connectivity index (χ0) is 8.72. The fraction of sp³-hybridized carbons (Fsp3) is 0.600. The molecule has 0 saturated heterocycles. The molecule has 0 amide bonds. The van der Waals surface area contributed by atoms with E-state index in [-0.39, 0.29) is 12.7 Å². The van der Waals surface area contributed by atoms with Gasteiger partial charge in [0.05, 0.1) is 0 Å². The van der Waals surface area contributed by atoms with Crippen LogP contribution in [0.15, 0.2) is 6.30 Å². The van der Waals surface area contributed by atoms with Gasteiger partial charge in [0, 0.05) is 14.3 Å². The van der Waals surface area contributed by atoms with Crippen LogP contribution >= 0.6 is 0 Å². The Bertz CT molecular complexity index is 299. The molecule has 48 valence electrons. The van der Waals surface area contributed by atoms with Gasteiger partial charge in [0.25, 0.3) is 0 Å². The zero-order valence-corrected chi connectivity index (χ0v) is 4.78. The van der Waals surface area contributed by atoms with Crippen LogP contribution in [0.2, 0.25) is 1.41 Å². The Morgan fingerprint density at radius 3 is 4.11 bits per heavy atom. The summed E-state index contributed by atoms with van der Waals surface area (Å²) in [6.07, 6.45) is 0.104. The number of fused-ring (bicyclic) bond motifs is 1. The quantitative estimate of drug-likeness (QED) is 0.523. The minimum atomic E-state index is -0.335. The minimum Gasteiger partial charge on any atom is -0.323 e. The second-order valence-corrected chi connectivity index (χ2v) is 1.84. The van der Waals surface area contributed by atoms with Crippen molar-refractivity contribution in [2.75, 3.05) is 12.0 Å². The molecule has 1 aromatic rings. The molecular weight excluding hydrogens is 116 g/mol. The van der Waals surface area contributed by atoms with Crippen LogP contribution in [0.25, 0.3) is 0 Å². The molecule has 1 aromatic heterocycles. The molecule has 4 nitrogen and oxygen atoms in total. The predicted octanol–water partition coefficient (Wildman–Crippen LogP) is -0.232. The molecule has 0 radical (unpaired) electrons. The van der Waals surface area contributed by atoms with Crippen molar-refractivity contribution in [1.82, 2.24) is 14.9 Å². The van der Waals surface area contributed by atoms with Gasteiger partial charge in [-0.3, -0.25) is 0 Å². The first kappa shape index (κ1) is 2.68. The van der Waals surface area contributed by atoms with Crippen molar-refractivity contribution >= 4 is 0 Å². The van der Waals surface area contributed by atoms with Gasteiger partial charge in [0.1, 0.15) is 7.67 Å². The standard InChI is InChI=1S/C5H8N4/c1-2-5-8-6-4-9(5)7-3-1/h4,7H,1-3H2/i1D,4D/hD. The Hall–Kier alpha value is -1.06. The fourth-order valence-electron chi connectivity index (χ4n) is 0.796. The molecule has 2 rings (SSSR count). The normalized spacial score (nSPS) is 30.4. The van der Waals surface area contributed by atoms with E-state index in [1.54, 1.807) is 0 Å². The van der Waals surface area contributed by atoms with Crippen molar-refractivity contribution in [3.05, 3.63) is 12.1 Å². The van der Waals surface area contributed by atoms with Crippen LogP contribution in [-0.4, -0.2) is 21.4 Å². The smallest absolute Gasteiger partial charge is 0.182 e. The molecule has 1 atom stereocenters. The van der Waals surface area contributed by atoms with Gasteiger partial charge in [-0.2, -0.15) is 0 Å². The summed E-state index contributed by atoms with van der Waals surface area (Å²) in [6, 6.07) is 0.